The molecule has 188 valence electrons. The number of carbonyl (C=O) groups excluding carboxylic acids is 4. The quantitative estimate of drug-likeness (QED) is 0.138. The van der Waals surface area contributed by atoms with E-state index in [0.717, 1.165) is 19.6 Å². The first kappa shape index (κ1) is 30.9. The Kier molecular flexibility index (Phi) is 12.2. The number of benzene rings is 1. The summed E-state index contributed by atoms with van der Waals surface area (Å²) >= 11 is 0. The van der Waals surface area contributed by atoms with Gasteiger partial charge in [-0.25, -0.2) is 0 Å². The summed E-state index contributed by atoms with van der Waals surface area (Å²) in [5, 5.41) is 49.8. The van der Waals surface area contributed by atoms with E-state index >= 15 is 0 Å². The van der Waals surface area contributed by atoms with Gasteiger partial charge in [0, 0.05) is 33.5 Å². The average Bonchev–Trinajstić information content (AvgIpc) is 2.81. The first-order valence-electron chi connectivity index (χ1n) is 10.4. The first-order chi connectivity index (χ1) is 16.0. The van der Waals surface area contributed by atoms with Crippen LogP contribution in [0.15, 0.2) is 30.3 Å². The summed E-state index contributed by atoms with van der Waals surface area (Å²) in [5.74, 6) is -7.00. The zero-order valence-corrected chi connectivity index (χ0v) is 21.6. The van der Waals surface area contributed by atoms with Gasteiger partial charge in [-0.1, -0.05) is 30.3 Å². The van der Waals surface area contributed by atoms with Gasteiger partial charge in [-0.15, -0.1) is 0 Å². The Morgan fingerprint density at radius 1 is 1.17 bits per heavy atom. The van der Waals surface area contributed by atoms with Crippen molar-refractivity contribution in [2.24, 2.45) is 0 Å². The number of rotatable bonds is 9. The van der Waals surface area contributed by atoms with Gasteiger partial charge in [0.1, 0.15) is 18.2 Å². The molecule has 0 spiro atoms. The number of aliphatic hydroxyl groups is 3. The normalized spacial score (nSPS) is 25.3. The predicted octanol–water partition coefficient (Wildman–Crippen LogP) is -7.11. The second-order valence-electron chi connectivity index (χ2n) is 7.76. The number of carboxylic acids is 1. The summed E-state index contributed by atoms with van der Waals surface area (Å²) in [5.41, 5.74) is 0.755. The molecule has 0 aromatic heterocycles. The predicted molar refractivity (Wildman–Crippen MR) is 111 cm³/mol. The maximum atomic E-state index is 12.0. The van der Waals surface area contributed by atoms with E-state index in [1.165, 1.54) is 0 Å². The van der Waals surface area contributed by atoms with Crippen LogP contribution < -0.4 is 50.6 Å². The molecule has 0 aliphatic carbocycles. The molecule has 1 saturated heterocycles. The van der Waals surface area contributed by atoms with Crippen LogP contribution in [0.3, 0.4) is 0 Å². The van der Waals surface area contributed by atoms with Gasteiger partial charge < -0.3 is 50.6 Å². The Balaban J connectivity index is 0.00000612. The standard InChI is InChI=1S/C21H29N3O10.Na/c1-11(25)24-15-13(26)8-21(33-2,20(31)32)34-17(15)16(28)14(27)10-23-19(30)18(29)22-9-12-6-4-3-5-7-12;/h3-7,13-17,26-28H,8-10H2,1-2H3,(H,22,29)(H,23,30)(H,24,25)(H,31,32);/q;+1/p-1/t13-,14+,15+,16+,17+,21+;/m0./s1. The molecule has 0 unspecified atom stereocenters. The van der Waals surface area contributed by atoms with Crippen molar-refractivity contribution in [3.05, 3.63) is 35.9 Å². The Morgan fingerprint density at radius 2 is 1.77 bits per heavy atom. The minimum absolute atomic E-state index is 0. The summed E-state index contributed by atoms with van der Waals surface area (Å²) in [6.45, 7) is 0.581. The minimum Gasteiger partial charge on any atom is -0.544 e. The largest absolute Gasteiger partial charge is 1.00 e. The van der Waals surface area contributed by atoms with Crippen LogP contribution >= 0.6 is 0 Å². The second-order valence-corrected chi connectivity index (χ2v) is 7.76. The monoisotopic (exact) mass is 505 g/mol. The summed E-state index contributed by atoms with van der Waals surface area (Å²) in [4.78, 5) is 47.1. The van der Waals surface area contributed by atoms with E-state index in [0.29, 0.717) is 0 Å². The van der Waals surface area contributed by atoms with Crippen LogP contribution in [0.5, 0.6) is 0 Å². The van der Waals surface area contributed by atoms with Crippen LogP contribution in [0, 0.1) is 0 Å². The fourth-order valence-corrected chi connectivity index (χ4v) is 3.48. The van der Waals surface area contributed by atoms with Crippen molar-refractivity contribution in [2.75, 3.05) is 13.7 Å². The van der Waals surface area contributed by atoms with Crippen molar-refractivity contribution in [3.8, 4) is 0 Å². The molecular formula is C21H28N3NaO10. The number of carbonyl (C=O) groups is 4. The zero-order chi connectivity index (χ0) is 25.5. The molecule has 14 heteroatoms. The molecular weight excluding hydrogens is 477 g/mol. The number of hydrogen-bond acceptors (Lipinski definition) is 10. The molecule has 6 atom stereocenters. The molecule has 0 bridgehead atoms. The molecule has 1 aromatic rings. The summed E-state index contributed by atoms with van der Waals surface area (Å²) < 4.78 is 10.2. The molecule has 1 heterocycles. The minimum atomic E-state index is -2.46. The van der Waals surface area contributed by atoms with Crippen LogP contribution in [-0.2, 0) is 35.2 Å². The molecule has 35 heavy (non-hydrogen) atoms. The summed E-state index contributed by atoms with van der Waals surface area (Å²) in [6.07, 6.45) is -7.57. The Morgan fingerprint density at radius 3 is 2.31 bits per heavy atom. The number of amides is 3. The van der Waals surface area contributed by atoms with Gasteiger partial charge in [-0.3, -0.25) is 14.4 Å². The molecule has 2 rings (SSSR count). The fourth-order valence-electron chi connectivity index (χ4n) is 3.48. The third-order valence-electron chi connectivity index (χ3n) is 5.29. The maximum Gasteiger partial charge on any atom is 1.00 e. The third kappa shape index (κ3) is 8.22. The van der Waals surface area contributed by atoms with E-state index in [1.54, 1.807) is 30.3 Å². The van der Waals surface area contributed by atoms with Gasteiger partial charge in [0.05, 0.1) is 18.2 Å². The Bertz CT molecular complexity index is 889. The van der Waals surface area contributed by atoms with E-state index in [9.17, 15) is 39.6 Å². The van der Waals surface area contributed by atoms with E-state index < -0.39 is 72.9 Å². The van der Waals surface area contributed by atoms with Gasteiger partial charge in [0.25, 0.3) is 0 Å². The average molecular weight is 505 g/mol. The van der Waals surface area contributed by atoms with Crippen molar-refractivity contribution in [3.63, 3.8) is 0 Å². The third-order valence-corrected chi connectivity index (χ3v) is 5.29. The zero-order valence-electron chi connectivity index (χ0n) is 19.6. The van der Waals surface area contributed by atoms with E-state index in [4.69, 9.17) is 9.47 Å². The molecule has 13 nitrogen and oxygen atoms in total. The van der Waals surface area contributed by atoms with E-state index in [2.05, 4.69) is 16.0 Å². The van der Waals surface area contributed by atoms with Crippen molar-refractivity contribution in [1.29, 1.82) is 0 Å². The number of ether oxygens (including phenoxy) is 2. The van der Waals surface area contributed by atoms with Gasteiger partial charge in [0.2, 0.25) is 11.7 Å². The molecule has 1 aromatic carbocycles. The molecule has 0 saturated carbocycles. The summed E-state index contributed by atoms with van der Waals surface area (Å²) in [6, 6.07) is 7.48. The first-order valence-corrected chi connectivity index (χ1v) is 10.4. The number of hydrogen-bond donors (Lipinski definition) is 6. The maximum absolute atomic E-state index is 12.0. The number of methoxy groups -OCH3 is 1. The van der Waals surface area contributed by atoms with Gasteiger partial charge in [-0.05, 0) is 5.56 Å². The Hall–Kier alpha value is -2.10. The van der Waals surface area contributed by atoms with Crippen molar-refractivity contribution >= 4 is 23.7 Å². The molecule has 0 radical (unpaired) electrons. The van der Waals surface area contributed by atoms with Crippen LogP contribution in [0.25, 0.3) is 0 Å². The van der Waals surface area contributed by atoms with E-state index in [-0.39, 0.29) is 36.1 Å². The SMILES string of the molecule is CO[C@]1(C(=O)[O-])C[C@H](O)[C@@H](NC(C)=O)[C@H]([C@H](O)[C@H](O)CNC(=O)C(=O)NCc2ccccc2)O1.[Na+]. The van der Waals surface area contributed by atoms with E-state index in [1.807, 2.05) is 0 Å². The van der Waals surface area contributed by atoms with Crippen molar-refractivity contribution in [1.82, 2.24) is 16.0 Å². The van der Waals surface area contributed by atoms with Crippen LogP contribution in [0.1, 0.15) is 18.9 Å². The second kappa shape index (κ2) is 13.8. The molecule has 6 N–H and O–H groups in total. The fraction of sp³-hybridized carbons (Fsp3) is 0.524. The number of aliphatic hydroxyl groups excluding tert-OH is 3. The smallest absolute Gasteiger partial charge is 0.544 e. The van der Waals surface area contributed by atoms with Crippen LogP contribution in [0.2, 0.25) is 0 Å². The van der Waals surface area contributed by atoms with Gasteiger partial charge >= 0.3 is 41.4 Å². The van der Waals surface area contributed by atoms with Crippen molar-refractivity contribution < 1.29 is 78.6 Å². The molecule has 3 amide bonds. The van der Waals surface area contributed by atoms with Gasteiger partial charge in [0.15, 0.2) is 0 Å². The topological polar surface area (TPSA) is 207 Å². The molecule has 1 aliphatic rings. The molecule has 1 aliphatic heterocycles. The molecule has 1 fully saturated rings. The number of aliphatic carboxylic acids is 1. The summed E-state index contributed by atoms with van der Waals surface area (Å²) in [7, 11) is 0.982. The Labute approximate surface area is 223 Å². The van der Waals surface area contributed by atoms with Crippen molar-refractivity contribution in [2.45, 2.75) is 56.1 Å². The van der Waals surface area contributed by atoms with Crippen LogP contribution in [0.4, 0.5) is 0 Å². The number of carboxylic acid groups (broad SMARTS) is 1. The van der Waals surface area contributed by atoms with Gasteiger partial charge in [-0.2, -0.15) is 0 Å². The number of nitrogens with one attached hydrogen (secondary N) is 3. The van der Waals surface area contributed by atoms with Crippen LogP contribution in [-0.4, -0.2) is 88.9 Å².